The molecule has 0 aromatic rings. The summed E-state index contributed by atoms with van der Waals surface area (Å²) < 4.78 is 28.4. The lowest BCUT2D eigenvalue weighted by Gasteiger charge is -1.93. The van der Waals surface area contributed by atoms with Crippen LogP contribution < -0.4 is 0 Å². The molecule has 0 atom stereocenters. The van der Waals surface area contributed by atoms with Crippen molar-refractivity contribution in [3.63, 3.8) is 0 Å². The van der Waals surface area contributed by atoms with E-state index >= 15 is 0 Å². The highest BCUT2D eigenvalue weighted by Crippen LogP contribution is 1.95. The molecule has 0 aliphatic rings. The van der Waals surface area contributed by atoms with Gasteiger partial charge < -0.3 is 5.41 Å². The van der Waals surface area contributed by atoms with Gasteiger partial charge in [-0.3, -0.25) is 4.55 Å². The number of hydrogen-bond acceptors (Lipinski definition) is 3. The summed E-state index contributed by atoms with van der Waals surface area (Å²) in [5.41, 5.74) is 0. The molecule has 2 N–H and O–H groups in total. The Morgan fingerprint density at radius 3 is 2.40 bits per heavy atom. The Labute approximate surface area is 60.5 Å². The highest BCUT2D eigenvalue weighted by molar-refractivity contribution is 7.85. The van der Waals surface area contributed by atoms with E-state index in [4.69, 9.17) is 9.96 Å². The average molecular weight is 165 g/mol. The normalized spacial score (nSPS) is 11.3. The van der Waals surface area contributed by atoms with Gasteiger partial charge in [0.2, 0.25) is 0 Å². The largest absolute Gasteiger partial charge is 0.313 e. The van der Waals surface area contributed by atoms with Crippen molar-refractivity contribution in [1.29, 1.82) is 5.41 Å². The molecule has 60 valence electrons. The second-order valence-corrected chi connectivity index (χ2v) is 3.56. The van der Waals surface area contributed by atoms with Gasteiger partial charge in [-0.2, -0.15) is 8.42 Å². The Hall–Kier alpha value is -0.420. The van der Waals surface area contributed by atoms with Crippen LogP contribution in [0.3, 0.4) is 0 Å². The monoisotopic (exact) mass is 165 g/mol. The van der Waals surface area contributed by atoms with Crippen molar-refractivity contribution in [2.75, 3.05) is 5.75 Å². The van der Waals surface area contributed by atoms with E-state index in [2.05, 4.69) is 0 Å². The molecule has 0 saturated carbocycles. The first-order chi connectivity index (χ1) is 4.56. The van der Waals surface area contributed by atoms with E-state index in [1.165, 1.54) is 6.21 Å². The van der Waals surface area contributed by atoms with E-state index in [1.54, 1.807) is 0 Å². The highest BCUT2D eigenvalue weighted by atomic mass is 32.2. The van der Waals surface area contributed by atoms with Crippen molar-refractivity contribution in [3.05, 3.63) is 0 Å². The van der Waals surface area contributed by atoms with Crippen LogP contribution in [0.5, 0.6) is 0 Å². The SMILES string of the molecule is N=CCCCCS(=O)(=O)O. The van der Waals surface area contributed by atoms with E-state index in [1.807, 2.05) is 0 Å². The van der Waals surface area contributed by atoms with Crippen LogP contribution in [-0.2, 0) is 10.1 Å². The molecule has 5 heteroatoms. The quantitative estimate of drug-likeness (QED) is 0.357. The predicted molar refractivity (Wildman–Crippen MR) is 39.1 cm³/mol. The van der Waals surface area contributed by atoms with Crippen molar-refractivity contribution in [1.82, 2.24) is 0 Å². The van der Waals surface area contributed by atoms with Crippen LogP contribution in [0.1, 0.15) is 19.3 Å². The maximum Gasteiger partial charge on any atom is 0.264 e. The molecule has 0 aromatic heterocycles. The van der Waals surface area contributed by atoms with Crippen molar-refractivity contribution in [2.24, 2.45) is 0 Å². The Balaban J connectivity index is 3.29. The summed E-state index contributed by atoms with van der Waals surface area (Å²) in [7, 11) is -3.78. The topological polar surface area (TPSA) is 78.2 Å². The lowest BCUT2D eigenvalue weighted by atomic mass is 10.3. The number of hydrogen-bond donors (Lipinski definition) is 2. The van der Waals surface area contributed by atoms with E-state index in [9.17, 15) is 8.42 Å². The fraction of sp³-hybridized carbons (Fsp3) is 0.800. The molecule has 0 fully saturated rings. The Kier molecular flexibility index (Phi) is 4.22. The Bertz CT molecular complexity index is 185. The molecular formula is C5H11NO3S. The van der Waals surface area contributed by atoms with Gasteiger partial charge in [-0.25, -0.2) is 0 Å². The second kappa shape index (κ2) is 4.40. The first kappa shape index (κ1) is 9.58. The van der Waals surface area contributed by atoms with Gasteiger partial charge in [-0.1, -0.05) is 0 Å². The van der Waals surface area contributed by atoms with Gasteiger partial charge in [-0.15, -0.1) is 0 Å². The van der Waals surface area contributed by atoms with E-state index in [0.717, 1.165) is 0 Å². The minimum atomic E-state index is -3.78. The zero-order valence-corrected chi connectivity index (χ0v) is 6.39. The summed E-state index contributed by atoms with van der Waals surface area (Å²) in [5, 5.41) is 6.60. The summed E-state index contributed by atoms with van der Waals surface area (Å²) in [4.78, 5) is 0. The molecule has 0 radical (unpaired) electrons. The van der Waals surface area contributed by atoms with E-state index in [-0.39, 0.29) is 5.75 Å². The standard InChI is InChI=1S/C5H11NO3S/c6-4-2-1-3-5-10(7,8)9/h4,6H,1-3,5H2,(H,7,8,9). The number of rotatable bonds is 5. The molecule has 4 nitrogen and oxygen atoms in total. The summed E-state index contributed by atoms with van der Waals surface area (Å²) in [6, 6.07) is 0. The minimum absolute atomic E-state index is 0.194. The van der Waals surface area contributed by atoms with Crippen molar-refractivity contribution in [3.8, 4) is 0 Å². The van der Waals surface area contributed by atoms with Crippen LogP contribution in [-0.4, -0.2) is 24.9 Å². The molecule has 0 amide bonds. The molecular weight excluding hydrogens is 154 g/mol. The minimum Gasteiger partial charge on any atom is -0.313 e. The Morgan fingerprint density at radius 1 is 1.40 bits per heavy atom. The molecule has 0 heterocycles. The van der Waals surface area contributed by atoms with Gasteiger partial charge in [0.1, 0.15) is 0 Å². The summed E-state index contributed by atoms with van der Waals surface area (Å²) in [6.07, 6.45) is 2.87. The first-order valence-electron chi connectivity index (χ1n) is 3.00. The Morgan fingerprint density at radius 2 is 2.00 bits per heavy atom. The molecule has 0 bridgehead atoms. The van der Waals surface area contributed by atoms with Gasteiger partial charge in [0, 0.05) is 0 Å². The maximum atomic E-state index is 10.1. The van der Waals surface area contributed by atoms with Gasteiger partial charge in [0.25, 0.3) is 10.1 Å². The molecule has 0 unspecified atom stereocenters. The second-order valence-electron chi connectivity index (χ2n) is 1.99. The smallest absolute Gasteiger partial charge is 0.264 e. The fourth-order valence-corrected chi connectivity index (χ4v) is 1.10. The third-order valence-corrected chi connectivity index (χ3v) is 1.81. The van der Waals surface area contributed by atoms with Crippen LogP contribution in [0.2, 0.25) is 0 Å². The van der Waals surface area contributed by atoms with Gasteiger partial charge >= 0.3 is 0 Å². The van der Waals surface area contributed by atoms with Crippen molar-refractivity contribution < 1.29 is 13.0 Å². The van der Waals surface area contributed by atoms with Gasteiger partial charge in [0.15, 0.2) is 0 Å². The maximum absolute atomic E-state index is 10.1. The number of unbranched alkanes of at least 4 members (excludes halogenated alkanes) is 2. The summed E-state index contributed by atoms with van der Waals surface area (Å²) in [5.74, 6) is -0.194. The third kappa shape index (κ3) is 7.58. The molecule has 0 rings (SSSR count). The lowest BCUT2D eigenvalue weighted by molar-refractivity contribution is 0.480. The van der Waals surface area contributed by atoms with Crippen LogP contribution >= 0.6 is 0 Å². The molecule has 0 saturated heterocycles. The van der Waals surface area contributed by atoms with Crippen molar-refractivity contribution in [2.45, 2.75) is 19.3 Å². The van der Waals surface area contributed by atoms with Crippen molar-refractivity contribution >= 4 is 16.3 Å². The predicted octanol–water partition coefficient (Wildman–Crippen LogP) is 0.694. The van der Waals surface area contributed by atoms with Gasteiger partial charge in [0.05, 0.1) is 5.75 Å². The summed E-state index contributed by atoms with van der Waals surface area (Å²) >= 11 is 0. The third-order valence-electron chi connectivity index (χ3n) is 1.00. The van der Waals surface area contributed by atoms with Crippen LogP contribution in [0, 0.1) is 5.41 Å². The van der Waals surface area contributed by atoms with Crippen LogP contribution in [0.25, 0.3) is 0 Å². The molecule has 0 aromatic carbocycles. The lowest BCUT2D eigenvalue weighted by Crippen LogP contribution is -2.03. The van der Waals surface area contributed by atoms with E-state index in [0.29, 0.717) is 19.3 Å². The first-order valence-corrected chi connectivity index (χ1v) is 4.61. The van der Waals surface area contributed by atoms with Crippen LogP contribution in [0.4, 0.5) is 0 Å². The molecule has 0 aliphatic carbocycles. The molecule has 0 spiro atoms. The zero-order chi connectivity index (χ0) is 8.04. The fourth-order valence-electron chi connectivity index (χ4n) is 0.531. The van der Waals surface area contributed by atoms with E-state index < -0.39 is 10.1 Å². The summed E-state index contributed by atoms with van der Waals surface area (Å²) in [6.45, 7) is 0. The molecule has 10 heavy (non-hydrogen) atoms. The average Bonchev–Trinajstić information content (AvgIpc) is 1.78. The van der Waals surface area contributed by atoms with Crippen LogP contribution in [0.15, 0.2) is 0 Å². The molecule has 0 aliphatic heterocycles. The highest BCUT2D eigenvalue weighted by Gasteiger charge is 2.01. The van der Waals surface area contributed by atoms with Gasteiger partial charge in [-0.05, 0) is 25.5 Å². The number of nitrogens with one attached hydrogen (secondary N) is 1. The zero-order valence-electron chi connectivity index (χ0n) is 5.58.